The third-order valence-corrected chi connectivity index (χ3v) is 1.65. The lowest BCUT2D eigenvalue weighted by Gasteiger charge is -2.06. The van der Waals surface area contributed by atoms with Gasteiger partial charge in [0.2, 0.25) is 0 Å². The smallest absolute Gasteiger partial charge is 0.374 e. The molecule has 68 valence electrons. The van der Waals surface area contributed by atoms with Gasteiger partial charge in [-0.2, -0.15) is 0 Å². The van der Waals surface area contributed by atoms with Gasteiger partial charge < -0.3 is 10.8 Å². The largest absolute Gasteiger partial charge is 0.475 e. The number of rotatable bonds is 3. The molecule has 0 spiro atoms. The van der Waals surface area contributed by atoms with Crippen LogP contribution in [0, 0.1) is 0 Å². The van der Waals surface area contributed by atoms with Crippen molar-refractivity contribution in [3.05, 3.63) is 35.9 Å². The number of Topliss-reactive ketones (excluding diaryl/α,β-unsaturated/α-hetero) is 1. The molecule has 3 N–H and O–H groups in total. The first kappa shape index (κ1) is 9.41. The van der Waals surface area contributed by atoms with Crippen molar-refractivity contribution < 1.29 is 14.7 Å². The molecule has 1 atom stereocenters. The molecular formula is C9H9NO3. The molecule has 0 bridgehead atoms. The van der Waals surface area contributed by atoms with Gasteiger partial charge in [0.25, 0.3) is 5.78 Å². The van der Waals surface area contributed by atoms with E-state index < -0.39 is 17.8 Å². The third-order valence-electron chi connectivity index (χ3n) is 1.65. The number of hydrogen-bond donors (Lipinski definition) is 2. The number of carboxylic acid groups (broad SMARTS) is 1. The van der Waals surface area contributed by atoms with Crippen LogP contribution in [0.5, 0.6) is 0 Å². The zero-order valence-electron chi connectivity index (χ0n) is 6.81. The van der Waals surface area contributed by atoms with Crippen LogP contribution in [0.15, 0.2) is 30.3 Å². The first-order valence-electron chi connectivity index (χ1n) is 3.70. The third kappa shape index (κ3) is 2.13. The van der Waals surface area contributed by atoms with Crippen LogP contribution in [0.25, 0.3) is 0 Å². The molecule has 0 aliphatic carbocycles. The Kier molecular flexibility index (Phi) is 2.76. The van der Waals surface area contributed by atoms with Crippen molar-refractivity contribution >= 4 is 11.8 Å². The van der Waals surface area contributed by atoms with E-state index in [-0.39, 0.29) is 0 Å². The second-order valence-electron chi connectivity index (χ2n) is 2.56. The van der Waals surface area contributed by atoms with Crippen molar-refractivity contribution in [1.82, 2.24) is 0 Å². The van der Waals surface area contributed by atoms with Crippen molar-refractivity contribution in [2.24, 2.45) is 5.73 Å². The summed E-state index contributed by atoms with van der Waals surface area (Å²) >= 11 is 0. The molecule has 0 radical (unpaired) electrons. The molecular weight excluding hydrogens is 170 g/mol. The summed E-state index contributed by atoms with van der Waals surface area (Å²) < 4.78 is 0. The Morgan fingerprint density at radius 2 is 1.77 bits per heavy atom. The number of carbonyl (C=O) groups excluding carboxylic acids is 1. The molecule has 13 heavy (non-hydrogen) atoms. The van der Waals surface area contributed by atoms with E-state index in [4.69, 9.17) is 10.8 Å². The lowest BCUT2D eigenvalue weighted by Crippen LogP contribution is -2.27. The predicted octanol–water partition coefficient (Wildman–Crippen LogP) is 0.340. The molecule has 0 fully saturated rings. The standard InChI is InChI=1S/C9H9NO3/c10-7(8(11)9(12)13)6-4-2-1-3-5-6/h1-5,7H,10H2,(H,12,13). The van der Waals surface area contributed by atoms with Gasteiger partial charge in [0.05, 0.1) is 0 Å². The number of benzene rings is 1. The molecule has 4 nitrogen and oxygen atoms in total. The topological polar surface area (TPSA) is 80.4 Å². The zero-order chi connectivity index (χ0) is 9.84. The number of nitrogens with two attached hydrogens (primary N) is 1. The fraction of sp³-hybridized carbons (Fsp3) is 0.111. The van der Waals surface area contributed by atoms with Crippen LogP contribution in [0.1, 0.15) is 11.6 Å². The van der Waals surface area contributed by atoms with E-state index in [0.29, 0.717) is 5.56 Å². The summed E-state index contributed by atoms with van der Waals surface area (Å²) in [7, 11) is 0. The minimum Gasteiger partial charge on any atom is -0.475 e. The molecule has 1 rings (SSSR count). The summed E-state index contributed by atoms with van der Waals surface area (Å²) in [6.45, 7) is 0. The van der Waals surface area contributed by atoms with Crippen LogP contribution < -0.4 is 5.73 Å². The lowest BCUT2D eigenvalue weighted by molar-refractivity contribution is -0.149. The van der Waals surface area contributed by atoms with Crippen molar-refractivity contribution in [2.75, 3.05) is 0 Å². The first-order chi connectivity index (χ1) is 6.13. The maximum absolute atomic E-state index is 10.9. The highest BCUT2D eigenvalue weighted by Gasteiger charge is 2.21. The summed E-state index contributed by atoms with van der Waals surface area (Å²) in [6, 6.07) is 7.33. The molecule has 0 amide bonds. The molecule has 4 heteroatoms. The van der Waals surface area contributed by atoms with Crippen LogP contribution in [-0.4, -0.2) is 16.9 Å². The highest BCUT2D eigenvalue weighted by Crippen LogP contribution is 2.09. The Hall–Kier alpha value is -1.68. The summed E-state index contributed by atoms with van der Waals surface area (Å²) in [5.41, 5.74) is 5.92. The molecule has 0 saturated heterocycles. The van der Waals surface area contributed by atoms with Crippen molar-refractivity contribution in [3.63, 3.8) is 0 Å². The van der Waals surface area contributed by atoms with Crippen LogP contribution >= 0.6 is 0 Å². The molecule has 1 aromatic rings. The molecule has 0 aliphatic rings. The van der Waals surface area contributed by atoms with Crippen molar-refractivity contribution in [1.29, 1.82) is 0 Å². The van der Waals surface area contributed by atoms with Gasteiger partial charge in [-0.05, 0) is 5.56 Å². The van der Waals surface area contributed by atoms with Gasteiger partial charge in [0, 0.05) is 0 Å². The minimum absolute atomic E-state index is 0.509. The van der Waals surface area contributed by atoms with Gasteiger partial charge in [-0.15, -0.1) is 0 Å². The minimum atomic E-state index is -1.50. The fourth-order valence-corrected chi connectivity index (χ4v) is 0.945. The Morgan fingerprint density at radius 3 is 2.23 bits per heavy atom. The van der Waals surface area contributed by atoms with Gasteiger partial charge in [0.15, 0.2) is 0 Å². The number of hydrogen-bond acceptors (Lipinski definition) is 3. The second kappa shape index (κ2) is 3.82. The summed E-state index contributed by atoms with van der Waals surface area (Å²) in [4.78, 5) is 21.2. The van der Waals surface area contributed by atoms with E-state index in [1.54, 1.807) is 30.3 Å². The first-order valence-corrected chi connectivity index (χ1v) is 3.70. The van der Waals surface area contributed by atoms with Gasteiger partial charge in [-0.3, -0.25) is 4.79 Å². The second-order valence-corrected chi connectivity index (χ2v) is 2.56. The van der Waals surface area contributed by atoms with Crippen LogP contribution in [0.2, 0.25) is 0 Å². The summed E-state index contributed by atoms with van der Waals surface area (Å²) in [5.74, 6) is -2.50. The van der Waals surface area contributed by atoms with Gasteiger partial charge in [-0.1, -0.05) is 30.3 Å². The molecule has 0 aromatic heterocycles. The number of ketones is 1. The number of carboxylic acids is 1. The maximum atomic E-state index is 10.9. The van der Waals surface area contributed by atoms with Crippen molar-refractivity contribution in [2.45, 2.75) is 6.04 Å². The summed E-state index contributed by atoms with van der Waals surface area (Å²) in [6.07, 6.45) is 0. The molecule has 0 saturated carbocycles. The number of carbonyl (C=O) groups is 2. The quantitative estimate of drug-likeness (QED) is 0.655. The number of aliphatic carboxylic acids is 1. The van der Waals surface area contributed by atoms with Crippen LogP contribution in [0.3, 0.4) is 0 Å². The van der Waals surface area contributed by atoms with E-state index in [1.807, 2.05) is 0 Å². The monoisotopic (exact) mass is 179 g/mol. The molecule has 0 heterocycles. The van der Waals surface area contributed by atoms with Gasteiger partial charge in [-0.25, -0.2) is 4.79 Å². The highest BCUT2D eigenvalue weighted by molar-refractivity contribution is 6.34. The maximum Gasteiger partial charge on any atom is 0.374 e. The fourth-order valence-electron chi connectivity index (χ4n) is 0.945. The average molecular weight is 179 g/mol. The van der Waals surface area contributed by atoms with Gasteiger partial charge >= 0.3 is 5.97 Å². The Labute approximate surface area is 75.0 Å². The SMILES string of the molecule is NC(C(=O)C(=O)O)c1ccccc1. The molecule has 1 aromatic carbocycles. The Balaban J connectivity index is 2.86. The van der Waals surface area contributed by atoms with Crippen LogP contribution in [0.4, 0.5) is 0 Å². The van der Waals surface area contributed by atoms with E-state index in [2.05, 4.69) is 0 Å². The normalized spacial score (nSPS) is 12.1. The zero-order valence-corrected chi connectivity index (χ0v) is 6.81. The van der Waals surface area contributed by atoms with E-state index in [0.717, 1.165) is 0 Å². The predicted molar refractivity (Wildman–Crippen MR) is 46.0 cm³/mol. The Morgan fingerprint density at radius 1 is 1.23 bits per heavy atom. The summed E-state index contributed by atoms with van der Waals surface area (Å²) in [5, 5.41) is 8.38. The van der Waals surface area contributed by atoms with Gasteiger partial charge in [0.1, 0.15) is 6.04 Å². The highest BCUT2D eigenvalue weighted by atomic mass is 16.4. The van der Waals surface area contributed by atoms with Crippen molar-refractivity contribution in [3.8, 4) is 0 Å². The molecule has 1 unspecified atom stereocenters. The average Bonchev–Trinajstić information content (AvgIpc) is 2.17. The lowest BCUT2D eigenvalue weighted by atomic mass is 10.0. The van der Waals surface area contributed by atoms with E-state index >= 15 is 0 Å². The van der Waals surface area contributed by atoms with Crippen LogP contribution in [-0.2, 0) is 9.59 Å². The molecule has 0 aliphatic heterocycles. The van der Waals surface area contributed by atoms with E-state index in [9.17, 15) is 9.59 Å². The Bertz CT molecular complexity index is 321. The van der Waals surface area contributed by atoms with E-state index in [1.165, 1.54) is 0 Å².